The van der Waals surface area contributed by atoms with Crippen molar-refractivity contribution < 1.29 is 14.3 Å². The Morgan fingerprint density at radius 3 is 2.34 bits per heavy atom. The molecule has 0 fully saturated rings. The lowest BCUT2D eigenvalue weighted by Gasteiger charge is -2.20. The van der Waals surface area contributed by atoms with E-state index in [1.54, 1.807) is 0 Å². The molecule has 1 N–H and O–H groups in total. The zero-order valence-electron chi connectivity index (χ0n) is 18.0. The highest BCUT2D eigenvalue weighted by Gasteiger charge is 2.18. The molecule has 3 rings (SSSR count). The summed E-state index contributed by atoms with van der Waals surface area (Å²) in [5, 5.41) is 3.02. The second-order valence-corrected chi connectivity index (χ2v) is 8.59. The van der Waals surface area contributed by atoms with Crippen molar-refractivity contribution in [2.75, 3.05) is 18.5 Å². The number of carbonyl (C=O) groups is 1. The van der Waals surface area contributed by atoms with Gasteiger partial charge in [0, 0.05) is 17.3 Å². The van der Waals surface area contributed by atoms with Crippen LogP contribution in [0.15, 0.2) is 48.0 Å². The smallest absolute Gasteiger partial charge is 0.251 e. The molecule has 1 heterocycles. The van der Waals surface area contributed by atoms with Gasteiger partial charge in [-0.2, -0.15) is 0 Å². The maximum Gasteiger partial charge on any atom is 0.251 e. The molecule has 1 aliphatic rings. The fraction of sp³-hybridized carbons (Fsp3) is 0.400. The van der Waals surface area contributed by atoms with Gasteiger partial charge >= 0.3 is 0 Å². The van der Waals surface area contributed by atoms with Crippen LogP contribution in [0, 0.1) is 5.92 Å². The molecule has 0 saturated heterocycles. The Morgan fingerprint density at radius 1 is 1.07 bits per heavy atom. The van der Waals surface area contributed by atoms with Crippen molar-refractivity contribution >= 4 is 17.7 Å². The standard InChI is InChI=1S/C25H31NO3/c1-6-17(2)21(15-18-7-9-19(10-8-18)25(3,4)5)24(27)26-20-11-12-22-23(16-20)29-14-13-28-22/h7-12,15-17H,6,13-14H2,1-5H3,(H,26,27)/b21-15+. The second-order valence-electron chi connectivity index (χ2n) is 8.59. The number of fused-ring (bicyclic) bond motifs is 1. The summed E-state index contributed by atoms with van der Waals surface area (Å²) in [4.78, 5) is 13.1. The number of anilines is 1. The largest absolute Gasteiger partial charge is 0.486 e. The topological polar surface area (TPSA) is 47.6 Å². The lowest BCUT2D eigenvalue weighted by atomic mass is 9.86. The monoisotopic (exact) mass is 393 g/mol. The summed E-state index contributed by atoms with van der Waals surface area (Å²) in [5.74, 6) is 1.44. The summed E-state index contributed by atoms with van der Waals surface area (Å²) in [6, 6.07) is 13.9. The van der Waals surface area contributed by atoms with E-state index < -0.39 is 0 Å². The minimum atomic E-state index is -0.0871. The van der Waals surface area contributed by atoms with E-state index in [1.165, 1.54) is 5.56 Å². The van der Waals surface area contributed by atoms with Gasteiger partial charge in [-0.15, -0.1) is 0 Å². The number of nitrogens with one attached hydrogen (secondary N) is 1. The third kappa shape index (κ3) is 5.20. The quantitative estimate of drug-likeness (QED) is 0.651. The van der Waals surface area contributed by atoms with Crippen LogP contribution >= 0.6 is 0 Å². The highest BCUT2D eigenvalue weighted by atomic mass is 16.6. The summed E-state index contributed by atoms with van der Waals surface area (Å²) < 4.78 is 11.2. The van der Waals surface area contributed by atoms with Crippen LogP contribution in [-0.4, -0.2) is 19.1 Å². The normalized spacial score (nSPS) is 15.0. The van der Waals surface area contributed by atoms with Crippen molar-refractivity contribution in [2.24, 2.45) is 5.92 Å². The van der Waals surface area contributed by atoms with Gasteiger partial charge in [0.1, 0.15) is 13.2 Å². The summed E-state index contributed by atoms with van der Waals surface area (Å²) in [6.45, 7) is 11.8. The molecular formula is C25H31NO3. The van der Waals surface area contributed by atoms with Crippen molar-refractivity contribution in [3.8, 4) is 11.5 Å². The molecule has 0 aromatic heterocycles. The third-order valence-corrected chi connectivity index (χ3v) is 5.30. The Balaban J connectivity index is 1.82. The van der Waals surface area contributed by atoms with Crippen LogP contribution in [0.25, 0.3) is 6.08 Å². The number of benzene rings is 2. The first-order valence-electron chi connectivity index (χ1n) is 10.3. The van der Waals surface area contributed by atoms with Crippen LogP contribution in [-0.2, 0) is 10.2 Å². The summed E-state index contributed by atoms with van der Waals surface area (Å²) in [7, 11) is 0. The molecule has 1 aliphatic heterocycles. The van der Waals surface area contributed by atoms with E-state index in [0.717, 1.165) is 17.6 Å². The second kappa shape index (κ2) is 8.73. The van der Waals surface area contributed by atoms with Crippen molar-refractivity contribution in [3.05, 3.63) is 59.2 Å². The molecule has 4 heteroatoms. The van der Waals surface area contributed by atoms with Gasteiger partial charge in [0.15, 0.2) is 11.5 Å². The number of ether oxygens (including phenoxy) is 2. The average molecular weight is 394 g/mol. The van der Waals surface area contributed by atoms with Crippen LogP contribution in [0.4, 0.5) is 5.69 Å². The number of hydrogen-bond acceptors (Lipinski definition) is 3. The molecule has 0 bridgehead atoms. The predicted molar refractivity (Wildman–Crippen MR) is 119 cm³/mol. The number of hydrogen-bond donors (Lipinski definition) is 1. The Hall–Kier alpha value is -2.75. The van der Waals surface area contributed by atoms with Crippen LogP contribution in [0.1, 0.15) is 52.2 Å². The Labute approximate surface area is 173 Å². The van der Waals surface area contributed by atoms with E-state index >= 15 is 0 Å². The van der Waals surface area contributed by atoms with E-state index in [9.17, 15) is 4.79 Å². The molecule has 0 aliphatic carbocycles. The molecule has 29 heavy (non-hydrogen) atoms. The minimum absolute atomic E-state index is 0.0871. The zero-order chi connectivity index (χ0) is 21.0. The van der Waals surface area contributed by atoms with Gasteiger partial charge < -0.3 is 14.8 Å². The van der Waals surface area contributed by atoms with Gasteiger partial charge in [0.05, 0.1) is 0 Å². The maximum atomic E-state index is 13.1. The molecular weight excluding hydrogens is 362 g/mol. The summed E-state index contributed by atoms with van der Waals surface area (Å²) in [6.07, 6.45) is 2.88. The van der Waals surface area contributed by atoms with Gasteiger partial charge in [-0.05, 0) is 47.1 Å². The van der Waals surface area contributed by atoms with Gasteiger partial charge in [-0.1, -0.05) is 58.9 Å². The lowest BCUT2D eigenvalue weighted by molar-refractivity contribution is -0.113. The van der Waals surface area contributed by atoms with Gasteiger partial charge in [0.25, 0.3) is 5.91 Å². The number of carbonyl (C=O) groups excluding carboxylic acids is 1. The molecule has 1 atom stereocenters. The summed E-state index contributed by atoms with van der Waals surface area (Å²) in [5.41, 5.74) is 3.89. The minimum Gasteiger partial charge on any atom is -0.486 e. The first-order valence-corrected chi connectivity index (χ1v) is 10.3. The Kier molecular flexibility index (Phi) is 6.31. The van der Waals surface area contributed by atoms with Gasteiger partial charge in [-0.25, -0.2) is 0 Å². The van der Waals surface area contributed by atoms with Crippen molar-refractivity contribution in [1.29, 1.82) is 0 Å². The Bertz CT molecular complexity index is 891. The van der Waals surface area contributed by atoms with E-state index in [0.29, 0.717) is 30.4 Å². The molecule has 0 radical (unpaired) electrons. The van der Waals surface area contributed by atoms with Crippen LogP contribution in [0.5, 0.6) is 11.5 Å². The van der Waals surface area contributed by atoms with Crippen molar-refractivity contribution in [3.63, 3.8) is 0 Å². The highest BCUT2D eigenvalue weighted by molar-refractivity contribution is 6.07. The van der Waals surface area contributed by atoms with Crippen molar-refractivity contribution in [2.45, 2.75) is 46.5 Å². The van der Waals surface area contributed by atoms with E-state index in [1.807, 2.05) is 24.3 Å². The first kappa shape index (κ1) is 21.0. The fourth-order valence-electron chi connectivity index (χ4n) is 3.23. The lowest BCUT2D eigenvalue weighted by Crippen LogP contribution is -2.20. The number of rotatable bonds is 5. The molecule has 1 unspecified atom stereocenters. The molecule has 1 amide bonds. The van der Waals surface area contributed by atoms with Crippen LogP contribution < -0.4 is 14.8 Å². The van der Waals surface area contributed by atoms with E-state index in [4.69, 9.17) is 9.47 Å². The summed E-state index contributed by atoms with van der Waals surface area (Å²) >= 11 is 0. The SMILES string of the molecule is CCC(C)/C(=C\c1ccc(C(C)(C)C)cc1)C(=O)Nc1ccc2c(c1)OCCO2. The van der Waals surface area contributed by atoms with Crippen molar-refractivity contribution in [1.82, 2.24) is 0 Å². The number of amides is 1. The van der Waals surface area contributed by atoms with Crippen LogP contribution in [0.2, 0.25) is 0 Å². The Morgan fingerprint density at radius 2 is 1.72 bits per heavy atom. The predicted octanol–water partition coefficient (Wildman–Crippen LogP) is 5.82. The first-order chi connectivity index (χ1) is 13.8. The molecule has 2 aromatic carbocycles. The molecule has 0 spiro atoms. The highest BCUT2D eigenvalue weighted by Crippen LogP contribution is 2.33. The van der Waals surface area contributed by atoms with E-state index in [-0.39, 0.29) is 17.2 Å². The molecule has 4 nitrogen and oxygen atoms in total. The van der Waals surface area contributed by atoms with Gasteiger partial charge in [0.2, 0.25) is 0 Å². The third-order valence-electron chi connectivity index (χ3n) is 5.30. The van der Waals surface area contributed by atoms with E-state index in [2.05, 4.69) is 64.2 Å². The fourth-order valence-corrected chi connectivity index (χ4v) is 3.23. The molecule has 2 aromatic rings. The van der Waals surface area contributed by atoms with Gasteiger partial charge in [-0.3, -0.25) is 4.79 Å². The van der Waals surface area contributed by atoms with Crippen LogP contribution in [0.3, 0.4) is 0 Å². The molecule has 0 saturated carbocycles. The average Bonchev–Trinajstić information content (AvgIpc) is 2.71. The molecule has 154 valence electrons. The maximum absolute atomic E-state index is 13.1. The zero-order valence-corrected chi connectivity index (χ0v) is 18.0.